The van der Waals surface area contributed by atoms with Crippen LogP contribution in [0.3, 0.4) is 0 Å². The Kier molecular flexibility index (Phi) is 4.24. The minimum atomic E-state index is -0.0941. The van der Waals surface area contributed by atoms with Crippen molar-refractivity contribution in [2.75, 3.05) is 5.32 Å². The molecule has 1 aliphatic carbocycles. The fraction of sp³-hybridized carbons (Fsp3) is 0.533. The molecule has 3 heteroatoms. The summed E-state index contributed by atoms with van der Waals surface area (Å²) in [5, 5.41) is 5.92. The van der Waals surface area contributed by atoms with E-state index in [0.29, 0.717) is 0 Å². The van der Waals surface area contributed by atoms with Crippen molar-refractivity contribution in [3.05, 3.63) is 29.3 Å². The van der Waals surface area contributed by atoms with Gasteiger partial charge in [0.1, 0.15) is 0 Å². The summed E-state index contributed by atoms with van der Waals surface area (Å²) in [6.07, 6.45) is 5.64. The van der Waals surface area contributed by atoms with Crippen LogP contribution >= 0.6 is 0 Å². The fourth-order valence-electron chi connectivity index (χ4n) is 2.38. The third-order valence-electron chi connectivity index (χ3n) is 3.63. The van der Waals surface area contributed by atoms with Crippen LogP contribution in [-0.4, -0.2) is 12.1 Å². The van der Waals surface area contributed by atoms with Gasteiger partial charge in [-0.2, -0.15) is 0 Å². The Morgan fingerprint density at radius 2 is 2.11 bits per heavy atom. The highest BCUT2D eigenvalue weighted by Crippen LogP contribution is 2.27. The summed E-state index contributed by atoms with van der Waals surface area (Å²) in [5.41, 5.74) is 3.69. The van der Waals surface area contributed by atoms with Crippen LogP contribution in [0.25, 0.3) is 0 Å². The number of hydrogen-bond donors (Lipinski definition) is 2. The largest absolute Gasteiger partial charge is 0.335 e. The zero-order valence-corrected chi connectivity index (χ0v) is 11.3. The van der Waals surface area contributed by atoms with Crippen LogP contribution in [0.4, 0.5) is 10.5 Å². The smallest absolute Gasteiger partial charge is 0.319 e. The van der Waals surface area contributed by atoms with Gasteiger partial charge in [0, 0.05) is 11.7 Å². The highest BCUT2D eigenvalue weighted by molar-refractivity contribution is 5.90. The molecule has 0 fully saturated rings. The van der Waals surface area contributed by atoms with E-state index in [1.807, 2.05) is 19.1 Å². The average Bonchev–Trinajstić information content (AvgIpc) is 2.39. The molecule has 1 aromatic carbocycles. The molecule has 2 amide bonds. The van der Waals surface area contributed by atoms with E-state index in [1.165, 1.54) is 24.0 Å². The third-order valence-corrected chi connectivity index (χ3v) is 3.63. The van der Waals surface area contributed by atoms with Gasteiger partial charge in [0.05, 0.1) is 0 Å². The van der Waals surface area contributed by atoms with Gasteiger partial charge in [0.2, 0.25) is 0 Å². The average molecular weight is 246 g/mol. The van der Waals surface area contributed by atoms with Gasteiger partial charge in [0.25, 0.3) is 0 Å². The lowest BCUT2D eigenvalue weighted by Crippen LogP contribution is -2.35. The molecule has 3 nitrogen and oxygen atoms in total. The Balaban J connectivity index is 2.07. The molecule has 18 heavy (non-hydrogen) atoms. The monoisotopic (exact) mass is 246 g/mol. The zero-order chi connectivity index (χ0) is 13.0. The topological polar surface area (TPSA) is 41.1 Å². The van der Waals surface area contributed by atoms with Crippen LogP contribution < -0.4 is 10.6 Å². The van der Waals surface area contributed by atoms with E-state index in [-0.39, 0.29) is 12.1 Å². The molecule has 0 aromatic heterocycles. The standard InChI is InChI=1S/C15H22N2O/c1-3-11(2)16-15(18)17-14-10-6-8-12-7-4-5-9-13(12)14/h6,8,10-11H,3-5,7,9H2,1-2H3,(H2,16,17,18). The molecule has 1 unspecified atom stereocenters. The van der Waals surface area contributed by atoms with Crippen LogP contribution in [0.5, 0.6) is 0 Å². The Bertz CT molecular complexity index is 429. The Labute approximate surface area is 109 Å². The first kappa shape index (κ1) is 12.9. The van der Waals surface area contributed by atoms with Crippen molar-refractivity contribution in [3.8, 4) is 0 Å². The van der Waals surface area contributed by atoms with Crippen molar-refractivity contribution in [1.82, 2.24) is 5.32 Å². The Hall–Kier alpha value is -1.51. The van der Waals surface area contributed by atoms with E-state index < -0.39 is 0 Å². The third kappa shape index (κ3) is 3.03. The maximum atomic E-state index is 11.8. The number of carbonyl (C=O) groups is 1. The summed E-state index contributed by atoms with van der Waals surface area (Å²) in [6, 6.07) is 6.32. The van der Waals surface area contributed by atoms with E-state index in [0.717, 1.165) is 24.9 Å². The summed E-state index contributed by atoms with van der Waals surface area (Å²) in [5.74, 6) is 0. The second kappa shape index (κ2) is 5.89. The number of aryl methyl sites for hydroxylation is 1. The number of rotatable bonds is 3. The highest BCUT2D eigenvalue weighted by atomic mass is 16.2. The molecule has 0 bridgehead atoms. The normalized spacial score (nSPS) is 15.7. The molecule has 98 valence electrons. The van der Waals surface area contributed by atoms with Crippen molar-refractivity contribution < 1.29 is 4.79 Å². The van der Waals surface area contributed by atoms with Crippen molar-refractivity contribution >= 4 is 11.7 Å². The van der Waals surface area contributed by atoms with Gasteiger partial charge in [0.15, 0.2) is 0 Å². The molecule has 0 spiro atoms. The highest BCUT2D eigenvalue weighted by Gasteiger charge is 2.14. The molecule has 0 heterocycles. The van der Waals surface area contributed by atoms with Gasteiger partial charge in [-0.25, -0.2) is 4.79 Å². The number of benzene rings is 1. The zero-order valence-electron chi connectivity index (χ0n) is 11.3. The van der Waals surface area contributed by atoms with E-state index >= 15 is 0 Å². The lowest BCUT2D eigenvalue weighted by atomic mass is 9.90. The predicted octanol–water partition coefficient (Wildman–Crippen LogP) is 3.49. The first-order chi connectivity index (χ1) is 8.70. The second-order valence-corrected chi connectivity index (χ2v) is 5.06. The maximum Gasteiger partial charge on any atom is 0.319 e. The molecular formula is C15H22N2O. The van der Waals surface area contributed by atoms with Gasteiger partial charge < -0.3 is 10.6 Å². The minimum absolute atomic E-state index is 0.0941. The minimum Gasteiger partial charge on any atom is -0.335 e. The number of amides is 2. The second-order valence-electron chi connectivity index (χ2n) is 5.06. The summed E-state index contributed by atoms with van der Waals surface area (Å²) in [4.78, 5) is 11.8. The maximum absolute atomic E-state index is 11.8. The number of hydrogen-bond acceptors (Lipinski definition) is 1. The first-order valence-corrected chi connectivity index (χ1v) is 6.89. The summed E-state index contributed by atoms with van der Waals surface area (Å²) < 4.78 is 0. The van der Waals surface area contributed by atoms with Crippen molar-refractivity contribution in [2.45, 2.75) is 52.0 Å². The fourth-order valence-corrected chi connectivity index (χ4v) is 2.38. The molecule has 0 saturated heterocycles. The molecular weight excluding hydrogens is 224 g/mol. The van der Waals surface area contributed by atoms with Gasteiger partial charge in [-0.05, 0) is 56.2 Å². The summed E-state index contributed by atoms with van der Waals surface area (Å²) in [7, 11) is 0. The molecule has 2 rings (SSSR count). The Morgan fingerprint density at radius 3 is 2.89 bits per heavy atom. The van der Waals surface area contributed by atoms with Crippen molar-refractivity contribution in [3.63, 3.8) is 0 Å². The SMILES string of the molecule is CCC(C)NC(=O)Nc1cccc2c1CCCC2. The molecule has 1 aliphatic rings. The van der Waals surface area contributed by atoms with E-state index in [1.54, 1.807) is 0 Å². The van der Waals surface area contributed by atoms with Gasteiger partial charge in [-0.15, -0.1) is 0 Å². The Morgan fingerprint density at radius 1 is 1.33 bits per heavy atom. The van der Waals surface area contributed by atoms with Crippen LogP contribution in [0, 0.1) is 0 Å². The van der Waals surface area contributed by atoms with Crippen LogP contribution in [0.2, 0.25) is 0 Å². The van der Waals surface area contributed by atoms with Gasteiger partial charge in [-0.3, -0.25) is 0 Å². The summed E-state index contributed by atoms with van der Waals surface area (Å²) in [6.45, 7) is 4.08. The number of nitrogens with one attached hydrogen (secondary N) is 2. The van der Waals surface area contributed by atoms with Crippen LogP contribution in [0.15, 0.2) is 18.2 Å². The number of urea groups is 1. The number of fused-ring (bicyclic) bond motifs is 1. The molecule has 1 aromatic rings. The molecule has 0 aliphatic heterocycles. The van der Waals surface area contributed by atoms with Crippen LogP contribution in [-0.2, 0) is 12.8 Å². The van der Waals surface area contributed by atoms with Crippen molar-refractivity contribution in [1.29, 1.82) is 0 Å². The number of anilines is 1. The summed E-state index contributed by atoms with van der Waals surface area (Å²) >= 11 is 0. The van der Waals surface area contributed by atoms with Crippen molar-refractivity contribution in [2.24, 2.45) is 0 Å². The molecule has 0 radical (unpaired) electrons. The van der Waals surface area contributed by atoms with Gasteiger partial charge in [-0.1, -0.05) is 19.1 Å². The van der Waals surface area contributed by atoms with E-state index in [9.17, 15) is 4.79 Å². The first-order valence-electron chi connectivity index (χ1n) is 6.89. The lowest BCUT2D eigenvalue weighted by Gasteiger charge is -2.20. The van der Waals surface area contributed by atoms with E-state index in [2.05, 4.69) is 23.6 Å². The molecule has 2 N–H and O–H groups in total. The van der Waals surface area contributed by atoms with E-state index in [4.69, 9.17) is 0 Å². The molecule has 1 atom stereocenters. The predicted molar refractivity (Wildman–Crippen MR) is 75.0 cm³/mol. The lowest BCUT2D eigenvalue weighted by molar-refractivity contribution is 0.249. The van der Waals surface area contributed by atoms with Crippen LogP contribution in [0.1, 0.15) is 44.2 Å². The molecule has 0 saturated carbocycles. The number of carbonyl (C=O) groups excluding carboxylic acids is 1. The van der Waals surface area contributed by atoms with Gasteiger partial charge >= 0.3 is 6.03 Å². The quantitative estimate of drug-likeness (QED) is 0.842.